The normalized spacial score (nSPS) is 17.0. The average Bonchev–Trinajstić information content (AvgIpc) is 2.69. The summed E-state index contributed by atoms with van der Waals surface area (Å²) < 4.78 is 5.92. The van der Waals surface area contributed by atoms with Gasteiger partial charge < -0.3 is 20.3 Å². The fraction of sp³-hybridized carbons (Fsp3) is 0.682. The third-order valence-corrected chi connectivity index (χ3v) is 5.24. The van der Waals surface area contributed by atoms with Crippen LogP contribution < -0.4 is 10.6 Å². The second kappa shape index (κ2) is 15.0. The third-order valence-electron chi connectivity index (χ3n) is 5.24. The van der Waals surface area contributed by atoms with Crippen molar-refractivity contribution in [1.29, 1.82) is 0 Å². The van der Waals surface area contributed by atoms with E-state index in [9.17, 15) is 0 Å². The van der Waals surface area contributed by atoms with Gasteiger partial charge in [0.2, 0.25) is 0 Å². The summed E-state index contributed by atoms with van der Waals surface area (Å²) in [5.74, 6) is 1.78. The van der Waals surface area contributed by atoms with E-state index in [1.807, 2.05) is 6.07 Å². The fourth-order valence-corrected chi connectivity index (χ4v) is 3.42. The standard InChI is InChI=1S/C22H38N4O.HI/c1-4-23-22(25-15-11-20-12-16-26(3)17-13-20)24-14-8-18-27-19(2)21-9-6-5-7-10-21;/h5-7,9-10,19-20H,4,8,11-18H2,1-3H3,(H2,23,24,25);1H. The van der Waals surface area contributed by atoms with Gasteiger partial charge in [-0.25, -0.2) is 0 Å². The van der Waals surface area contributed by atoms with Gasteiger partial charge in [0.15, 0.2) is 5.96 Å². The van der Waals surface area contributed by atoms with E-state index in [0.717, 1.165) is 44.5 Å². The Bertz CT molecular complexity index is 533. The molecule has 1 atom stereocenters. The van der Waals surface area contributed by atoms with Gasteiger partial charge in [0, 0.05) is 26.2 Å². The first-order valence-corrected chi connectivity index (χ1v) is 10.6. The van der Waals surface area contributed by atoms with E-state index >= 15 is 0 Å². The van der Waals surface area contributed by atoms with Crippen LogP contribution in [0.15, 0.2) is 35.3 Å². The lowest BCUT2D eigenvalue weighted by atomic mass is 9.94. The Morgan fingerprint density at radius 1 is 1.21 bits per heavy atom. The van der Waals surface area contributed by atoms with Crippen LogP contribution in [-0.2, 0) is 4.74 Å². The molecule has 0 spiro atoms. The molecule has 1 unspecified atom stereocenters. The van der Waals surface area contributed by atoms with Crippen LogP contribution in [0.1, 0.15) is 51.2 Å². The zero-order valence-electron chi connectivity index (χ0n) is 17.8. The molecule has 0 saturated carbocycles. The quantitative estimate of drug-likeness (QED) is 0.219. The van der Waals surface area contributed by atoms with Crippen LogP contribution in [0.25, 0.3) is 0 Å². The molecule has 1 aliphatic rings. The summed E-state index contributed by atoms with van der Waals surface area (Å²) >= 11 is 0. The Kier molecular flexibility index (Phi) is 13.5. The van der Waals surface area contributed by atoms with E-state index in [4.69, 9.17) is 4.74 Å². The molecule has 5 nitrogen and oxygen atoms in total. The molecule has 1 fully saturated rings. The summed E-state index contributed by atoms with van der Waals surface area (Å²) in [5, 5.41) is 6.83. The maximum atomic E-state index is 5.92. The number of halogens is 1. The van der Waals surface area contributed by atoms with Gasteiger partial charge in [-0.15, -0.1) is 24.0 Å². The van der Waals surface area contributed by atoms with Gasteiger partial charge in [0.1, 0.15) is 0 Å². The van der Waals surface area contributed by atoms with Crippen LogP contribution in [0.5, 0.6) is 0 Å². The number of nitrogens with one attached hydrogen (secondary N) is 2. The highest BCUT2D eigenvalue weighted by atomic mass is 127. The topological polar surface area (TPSA) is 48.9 Å². The Hall–Kier alpha value is -0.860. The van der Waals surface area contributed by atoms with Gasteiger partial charge in [0.25, 0.3) is 0 Å². The number of guanidine groups is 1. The smallest absolute Gasteiger partial charge is 0.191 e. The van der Waals surface area contributed by atoms with Crippen molar-refractivity contribution in [2.45, 2.75) is 45.6 Å². The van der Waals surface area contributed by atoms with Gasteiger partial charge in [0.05, 0.1) is 6.10 Å². The van der Waals surface area contributed by atoms with Crippen molar-refractivity contribution >= 4 is 29.9 Å². The fourth-order valence-electron chi connectivity index (χ4n) is 3.42. The summed E-state index contributed by atoms with van der Waals surface area (Å²) in [5.41, 5.74) is 1.23. The van der Waals surface area contributed by atoms with Gasteiger partial charge in [-0.1, -0.05) is 30.3 Å². The van der Waals surface area contributed by atoms with Gasteiger partial charge in [-0.2, -0.15) is 0 Å². The van der Waals surface area contributed by atoms with Gasteiger partial charge in [-0.05, 0) is 71.1 Å². The first-order chi connectivity index (χ1) is 13.2. The molecule has 0 aliphatic carbocycles. The number of nitrogens with zero attached hydrogens (tertiary/aromatic N) is 2. The number of piperidine rings is 1. The zero-order valence-corrected chi connectivity index (χ0v) is 20.2. The monoisotopic (exact) mass is 502 g/mol. The summed E-state index contributed by atoms with van der Waals surface area (Å²) in [6.07, 6.45) is 4.95. The second-order valence-electron chi connectivity index (χ2n) is 7.50. The summed E-state index contributed by atoms with van der Waals surface area (Å²) in [7, 11) is 2.22. The van der Waals surface area contributed by atoms with Crippen LogP contribution in [0, 0.1) is 5.92 Å². The molecular weight excluding hydrogens is 463 g/mol. The first-order valence-electron chi connectivity index (χ1n) is 10.6. The van der Waals surface area contributed by atoms with E-state index < -0.39 is 0 Å². The lowest BCUT2D eigenvalue weighted by molar-refractivity contribution is 0.0652. The minimum Gasteiger partial charge on any atom is -0.374 e. The van der Waals surface area contributed by atoms with Gasteiger partial charge in [-0.3, -0.25) is 4.99 Å². The number of hydrogen-bond donors (Lipinski definition) is 2. The number of likely N-dealkylation sites (tertiary alicyclic amines) is 1. The van der Waals surface area contributed by atoms with E-state index in [-0.39, 0.29) is 30.1 Å². The SMILES string of the molecule is CCNC(=NCCCOC(C)c1ccccc1)NCCC1CCN(C)CC1.I. The number of hydrogen-bond acceptors (Lipinski definition) is 3. The lowest BCUT2D eigenvalue weighted by Crippen LogP contribution is -2.39. The summed E-state index contributed by atoms with van der Waals surface area (Å²) in [4.78, 5) is 7.11. The van der Waals surface area contributed by atoms with Crippen LogP contribution in [0.4, 0.5) is 0 Å². The molecule has 0 amide bonds. The molecule has 28 heavy (non-hydrogen) atoms. The van der Waals surface area contributed by atoms with Crippen LogP contribution in [0.2, 0.25) is 0 Å². The molecular formula is C22H39IN4O. The predicted octanol–water partition coefficient (Wildman–Crippen LogP) is 4.06. The minimum atomic E-state index is 0. The van der Waals surface area contributed by atoms with Crippen molar-refractivity contribution in [3.8, 4) is 0 Å². The molecule has 0 aromatic heterocycles. The zero-order chi connectivity index (χ0) is 19.3. The lowest BCUT2D eigenvalue weighted by Gasteiger charge is -2.29. The molecule has 160 valence electrons. The molecule has 1 saturated heterocycles. The Balaban J connectivity index is 0.00000392. The largest absolute Gasteiger partial charge is 0.374 e. The first kappa shape index (κ1) is 25.2. The third kappa shape index (κ3) is 10.1. The molecule has 2 N–H and O–H groups in total. The Labute approximate surface area is 188 Å². The molecule has 1 aromatic carbocycles. The predicted molar refractivity (Wildman–Crippen MR) is 130 cm³/mol. The maximum absolute atomic E-state index is 5.92. The van der Waals surface area contributed by atoms with E-state index in [2.05, 4.69) is 65.7 Å². The van der Waals surface area contributed by atoms with E-state index in [0.29, 0.717) is 0 Å². The highest BCUT2D eigenvalue weighted by Gasteiger charge is 2.16. The van der Waals surface area contributed by atoms with Crippen molar-refractivity contribution in [2.75, 3.05) is 46.4 Å². The van der Waals surface area contributed by atoms with Crippen LogP contribution in [-0.4, -0.2) is 57.2 Å². The Morgan fingerprint density at radius 2 is 1.93 bits per heavy atom. The molecule has 6 heteroatoms. The van der Waals surface area contributed by atoms with Crippen molar-refractivity contribution in [3.63, 3.8) is 0 Å². The van der Waals surface area contributed by atoms with Crippen molar-refractivity contribution in [2.24, 2.45) is 10.9 Å². The molecule has 1 aromatic rings. The number of aliphatic imine (C=N–C) groups is 1. The molecule has 2 rings (SSSR count). The average molecular weight is 502 g/mol. The molecule has 0 radical (unpaired) electrons. The molecule has 0 bridgehead atoms. The highest BCUT2D eigenvalue weighted by Crippen LogP contribution is 2.18. The summed E-state index contributed by atoms with van der Waals surface area (Å²) in [6, 6.07) is 10.4. The molecule has 1 heterocycles. The van der Waals surface area contributed by atoms with Crippen molar-refractivity contribution < 1.29 is 4.74 Å². The van der Waals surface area contributed by atoms with Crippen molar-refractivity contribution in [1.82, 2.24) is 15.5 Å². The second-order valence-corrected chi connectivity index (χ2v) is 7.50. The highest BCUT2D eigenvalue weighted by molar-refractivity contribution is 14.0. The number of rotatable bonds is 10. The van der Waals surface area contributed by atoms with E-state index in [1.54, 1.807) is 0 Å². The summed E-state index contributed by atoms with van der Waals surface area (Å²) in [6.45, 7) is 10.1. The number of benzene rings is 1. The Morgan fingerprint density at radius 3 is 2.61 bits per heavy atom. The van der Waals surface area contributed by atoms with Crippen LogP contribution in [0.3, 0.4) is 0 Å². The maximum Gasteiger partial charge on any atom is 0.191 e. The number of ether oxygens (including phenoxy) is 1. The van der Waals surface area contributed by atoms with Crippen LogP contribution >= 0.6 is 24.0 Å². The minimum absolute atomic E-state index is 0. The van der Waals surface area contributed by atoms with Gasteiger partial charge >= 0.3 is 0 Å². The van der Waals surface area contributed by atoms with Crippen molar-refractivity contribution in [3.05, 3.63) is 35.9 Å². The van der Waals surface area contributed by atoms with E-state index in [1.165, 1.54) is 37.9 Å². The molecule has 1 aliphatic heterocycles.